The summed E-state index contributed by atoms with van der Waals surface area (Å²) in [5, 5.41) is 3.30. The van der Waals surface area contributed by atoms with E-state index < -0.39 is 0 Å². The molecule has 1 aliphatic heterocycles. The molecule has 0 aromatic rings. The van der Waals surface area contributed by atoms with Crippen molar-refractivity contribution in [2.24, 2.45) is 5.92 Å². The minimum Gasteiger partial charge on any atom is -0.465 e. The first-order valence-corrected chi connectivity index (χ1v) is 7.42. The molecule has 1 saturated heterocycles. The molecule has 4 nitrogen and oxygen atoms in total. The van der Waals surface area contributed by atoms with Crippen LogP contribution in [0.5, 0.6) is 0 Å². The van der Waals surface area contributed by atoms with Crippen molar-refractivity contribution in [2.45, 2.75) is 45.1 Å². The zero-order valence-corrected chi connectivity index (χ0v) is 11.5. The number of carbonyl (C=O) groups excluding carboxylic acids is 1. The maximum Gasteiger partial charge on any atom is 0.324 e. The fourth-order valence-corrected chi connectivity index (χ4v) is 3.14. The summed E-state index contributed by atoms with van der Waals surface area (Å²) in [6.45, 7) is 6.13. The zero-order chi connectivity index (χ0) is 12.8. The number of hydrogen-bond acceptors (Lipinski definition) is 4. The number of ether oxygens (including phenoxy) is 1. The average molecular weight is 254 g/mol. The molecule has 1 atom stereocenters. The van der Waals surface area contributed by atoms with Crippen LogP contribution in [0.4, 0.5) is 0 Å². The van der Waals surface area contributed by atoms with Gasteiger partial charge in [-0.2, -0.15) is 0 Å². The Morgan fingerprint density at radius 2 is 2.11 bits per heavy atom. The van der Waals surface area contributed by atoms with Gasteiger partial charge in [-0.05, 0) is 25.7 Å². The Balaban J connectivity index is 1.88. The quantitative estimate of drug-likeness (QED) is 0.770. The molecule has 1 heterocycles. The summed E-state index contributed by atoms with van der Waals surface area (Å²) >= 11 is 0. The molecule has 1 aliphatic carbocycles. The number of carbonyl (C=O) groups is 1. The third kappa shape index (κ3) is 3.69. The molecule has 2 rings (SSSR count). The molecular formula is C14H26N2O2. The lowest BCUT2D eigenvalue weighted by molar-refractivity contribution is -0.150. The highest BCUT2D eigenvalue weighted by Gasteiger charge is 2.31. The Morgan fingerprint density at radius 1 is 1.33 bits per heavy atom. The van der Waals surface area contributed by atoms with Crippen molar-refractivity contribution in [3.05, 3.63) is 0 Å². The van der Waals surface area contributed by atoms with Crippen LogP contribution in [0.1, 0.15) is 39.0 Å². The fraction of sp³-hybridized carbons (Fsp3) is 0.929. The molecule has 0 spiro atoms. The first-order chi connectivity index (χ1) is 8.81. The maximum atomic E-state index is 11.9. The van der Waals surface area contributed by atoms with Gasteiger partial charge >= 0.3 is 5.97 Å². The summed E-state index contributed by atoms with van der Waals surface area (Å²) in [6.07, 6.45) is 6.78. The summed E-state index contributed by atoms with van der Waals surface area (Å²) in [5.74, 6) is 0.731. The average Bonchev–Trinajstić information content (AvgIpc) is 2.41. The van der Waals surface area contributed by atoms with Gasteiger partial charge in [0, 0.05) is 26.2 Å². The monoisotopic (exact) mass is 254 g/mol. The van der Waals surface area contributed by atoms with Gasteiger partial charge < -0.3 is 10.1 Å². The smallest absolute Gasteiger partial charge is 0.324 e. The largest absolute Gasteiger partial charge is 0.465 e. The van der Waals surface area contributed by atoms with Crippen LogP contribution in [0.25, 0.3) is 0 Å². The van der Waals surface area contributed by atoms with E-state index in [1.807, 2.05) is 6.92 Å². The molecule has 1 unspecified atom stereocenters. The third-order valence-corrected chi connectivity index (χ3v) is 4.13. The van der Waals surface area contributed by atoms with Crippen molar-refractivity contribution < 1.29 is 9.53 Å². The number of rotatable bonds is 4. The van der Waals surface area contributed by atoms with E-state index in [-0.39, 0.29) is 12.0 Å². The van der Waals surface area contributed by atoms with Crippen molar-refractivity contribution >= 4 is 5.97 Å². The van der Waals surface area contributed by atoms with Crippen molar-refractivity contribution in [2.75, 3.05) is 32.8 Å². The van der Waals surface area contributed by atoms with Crippen LogP contribution in [0, 0.1) is 5.92 Å². The van der Waals surface area contributed by atoms with Crippen molar-refractivity contribution in [1.29, 1.82) is 0 Å². The highest BCUT2D eigenvalue weighted by atomic mass is 16.5. The fourth-order valence-electron chi connectivity index (χ4n) is 3.14. The molecule has 18 heavy (non-hydrogen) atoms. The lowest BCUT2D eigenvalue weighted by atomic mass is 9.88. The summed E-state index contributed by atoms with van der Waals surface area (Å²) in [6, 6.07) is -0.0689. The van der Waals surface area contributed by atoms with Gasteiger partial charge in [0.05, 0.1) is 6.61 Å². The molecule has 104 valence electrons. The Morgan fingerprint density at radius 3 is 2.83 bits per heavy atom. The first-order valence-electron chi connectivity index (χ1n) is 7.42. The molecule has 0 aromatic carbocycles. The van der Waals surface area contributed by atoms with E-state index in [2.05, 4.69) is 10.2 Å². The second-order valence-electron chi connectivity index (χ2n) is 5.47. The standard InChI is InChI=1S/C14H26N2O2/c1-2-18-14(17)13-10-15-8-9-16(13)11-12-6-4-3-5-7-12/h12-13,15H,2-11H2,1H3. The maximum absolute atomic E-state index is 11.9. The predicted molar refractivity (Wildman–Crippen MR) is 71.4 cm³/mol. The first kappa shape index (κ1) is 13.8. The van der Waals surface area contributed by atoms with E-state index in [9.17, 15) is 4.79 Å². The van der Waals surface area contributed by atoms with Gasteiger partial charge in [-0.3, -0.25) is 9.69 Å². The van der Waals surface area contributed by atoms with Gasteiger partial charge in [0.25, 0.3) is 0 Å². The van der Waals surface area contributed by atoms with Crippen LogP contribution in [-0.4, -0.2) is 49.7 Å². The lowest BCUT2D eigenvalue weighted by Crippen LogP contribution is -2.56. The lowest BCUT2D eigenvalue weighted by Gasteiger charge is -2.37. The number of hydrogen-bond donors (Lipinski definition) is 1. The van der Waals surface area contributed by atoms with Gasteiger partial charge in [-0.1, -0.05) is 19.3 Å². The van der Waals surface area contributed by atoms with Crippen LogP contribution in [0.3, 0.4) is 0 Å². The second-order valence-corrected chi connectivity index (χ2v) is 5.47. The van der Waals surface area contributed by atoms with Crippen LogP contribution in [0.15, 0.2) is 0 Å². The predicted octanol–water partition coefficient (Wildman–Crippen LogP) is 1.40. The van der Waals surface area contributed by atoms with E-state index in [1.165, 1.54) is 32.1 Å². The molecule has 2 fully saturated rings. The SMILES string of the molecule is CCOC(=O)C1CNCCN1CC1CCCCC1. The Labute approximate surface area is 110 Å². The summed E-state index contributed by atoms with van der Waals surface area (Å²) in [4.78, 5) is 14.3. The third-order valence-electron chi connectivity index (χ3n) is 4.13. The minimum atomic E-state index is -0.0689. The van der Waals surface area contributed by atoms with Crippen LogP contribution < -0.4 is 5.32 Å². The number of esters is 1. The van der Waals surface area contributed by atoms with Gasteiger partial charge in [-0.15, -0.1) is 0 Å². The minimum absolute atomic E-state index is 0.0551. The van der Waals surface area contributed by atoms with Crippen molar-refractivity contribution in [1.82, 2.24) is 10.2 Å². The van der Waals surface area contributed by atoms with Crippen molar-refractivity contribution in [3.63, 3.8) is 0 Å². The molecule has 0 radical (unpaired) electrons. The van der Waals surface area contributed by atoms with Crippen LogP contribution in [0.2, 0.25) is 0 Å². The van der Waals surface area contributed by atoms with E-state index in [4.69, 9.17) is 4.74 Å². The van der Waals surface area contributed by atoms with Crippen molar-refractivity contribution in [3.8, 4) is 0 Å². The van der Waals surface area contributed by atoms with E-state index in [1.54, 1.807) is 0 Å². The van der Waals surface area contributed by atoms with E-state index in [0.717, 1.165) is 32.1 Å². The van der Waals surface area contributed by atoms with Gasteiger partial charge in [0.15, 0.2) is 0 Å². The number of nitrogens with zero attached hydrogens (tertiary/aromatic N) is 1. The number of nitrogens with one attached hydrogen (secondary N) is 1. The van der Waals surface area contributed by atoms with E-state index >= 15 is 0 Å². The van der Waals surface area contributed by atoms with Gasteiger partial charge in [-0.25, -0.2) is 0 Å². The van der Waals surface area contributed by atoms with Crippen LogP contribution in [-0.2, 0) is 9.53 Å². The Kier molecular flexibility index (Phi) is 5.45. The molecule has 4 heteroatoms. The summed E-state index contributed by atoms with van der Waals surface area (Å²) in [5.41, 5.74) is 0. The second kappa shape index (κ2) is 7.10. The molecule has 0 amide bonds. The molecule has 2 aliphatic rings. The molecule has 0 aromatic heterocycles. The zero-order valence-electron chi connectivity index (χ0n) is 11.5. The highest BCUT2D eigenvalue weighted by Crippen LogP contribution is 2.25. The van der Waals surface area contributed by atoms with Gasteiger partial charge in [0.1, 0.15) is 6.04 Å². The molecule has 1 N–H and O–H groups in total. The van der Waals surface area contributed by atoms with Gasteiger partial charge in [0.2, 0.25) is 0 Å². The summed E-state index contributed by atoms with van der Waals surface area (Å²) in [7, 11) is 0. The Hall–Kier alpha value is -0.610. The normalized spacial score (nSPS) is 27.1. The molecular weight excluding hydrogens is 228 g/mol. The number of piperazine rings is 1. The van der Waals surface area contributed by atoms with Crippen LogP contribution >= 0.6 is 0 Å². The summed E-state index contributed by atoms with van der Waals surface area (Å²) < 4.78 is 5.18. The van der Waals surface area contributed by atoms with E-state index in [0.29, 0.717) is 6.61 Å². The Bertz CT molecular complexity index is 265. The topological polar surface area (TPSA) is 41.6 Å². The molecule has 0 bridgehead atoms. The molecule has 1 saturated carbocycles. The highest BCUT2D eigenvalue weighted by molar-refractivity contribution is 5.76.